The molecule has 1 aliphatic carbocycles. The summed E-state index contributed by atoms with van der Waals surface area (Å²) in [7, 11) is 0. The van der Waals surface area contributed by atoms with E-state index in [9.17, 15) is 23.2 Å². The zero-order chi connectivity index (χ0) is 26.1. The number of ketones is 1. The maximum atomic E-state index is 13.9. The number of carbonyl (C=O) groups is 3. The molecule has 2 atom stereocenters. The minimum atomic E-state index is -3.82. The van der Waals surface area contributed by atoms with E-state index in [4.69, 9.17) is 58.0 Å². The number of alkyl halides is 4. The van der Waals surface area contributed by atoms with E-state index in [1.54, 1.807) is 12.1 Å². The van der Waals surface area contributed by atoms with Crippen LogP contribution in [0, 0.1) is 5.92 Å². The number of anilines is 1. The van der Waals surface area contributed by atoms with Gasteiger partial charge in [-0.3, -0.25) is 9.59 Å². The molecule has 1 amide bonds. The number of nitrogens with one attached hydrogen (secondary N) is 1. The number of benzene rings is 2. The third-order valence-electron chi connectivity index (χ3n) is 5.35. The average molecular weight is 588 g/mol. The fourth-order valence-electron chi connectivity index (χ4n) is 3.60. The zero-order valence-corrected chi connectivity index (χ0v) is 21.8. The van der Waals surface area contributed by atoms with Gasteiger partial charge >= 0.3 is 11.9 Å². The second kappa shape index (κ2) is 10.8. The van der Waals surface area contributed by atoms with E-state index in [1.165, 1.54) is 31.2 Å². The van der Waals surface area contributed by atoms with E-state index >= 15 is 0 Å². The van der Waals surface area contributed by atoms with Crippen molar-refractivity contribution >= 4 is 81.4 Å². The van der Waals surface area contributed by atoms with Crippen LogP contribution >= 0.6 is 58.0 Å². The fourth-order valence-corrected chi connectivity index (χ4v) is 5.20. The summed E-state index contributed by atoms with van der Waals surface area (Å²) in [6, 6.07) is 8.77. The summed E-state index contributed by atoms with van der Waals surface area (Å²) in [5.41, 5.74) is 0.669. The molecule has 1 N–H and O–H groups in total. The van der Waals surface area contributed by atoms with Gasteiger partial charge in [0.1, 0.15) is 4.33 Å². The number of carbonyl (C=O) groups excluding carboxylic acids is 3. The molecule has 1 aliphatic rings. The smallest absolute Gasteiger partial charge is 0.376 e. The first-order valence-corrected chi connectivity index (χ1v) is 12.2. The Labute approximate surface area is 224 Å². The first-order valence-electron chi connectivity index (χ1n) is 10.3. The standard InChI is InChI=1S/C23H18Cl5F2NO4/c1-2-35-21(34)22(29,30)6-5-17(32)15-10-14(3-4-16(15)26)31-20(33)19-18(23(19,27)28)11-7-12(24)9-13(25)8-11/h3-4,7-10,18-19H,2,5-6H2,1H3,(H,31,33). The maximum Gasteiger partial charge on any atom is 0.376 e. The summed E-state index contributed by atoms with van der Waals surface area (Å²) in [6.45, 7) is 1.18. The van der Waals surface area contributed by atoms with Crippen molar-refractivity contribution in [2.24, 2.45) is 5.92 Å². The lowest BCUT2D eigenvalue weighted by atomic mass is 10.0. The number of esters is 1. The topological polar surface area (TPSA) is 72.5 Å². The van der Waals surface area contributed by atoms with Crippen molar-refractivity contribution in [3.8, 4) is 0 Å². The summed E-state index contributed by atoms with van der Waals surface area (Å²) >= 11 is 30.8. The number of halogens is 7. The highest BCUT2D eigenvalue weighted by Gasteiger charge is 2.67. The summed E-state index contributed by atoms with van der Waals surface area (Å²) in [5.74, 6) is -8.23. The van der Waals surface area contributed by atoms with Gasteiger partial charge < -0.3 is 10.1 Å². The summed E-state index contributed by atoms with van der Waals surface area (Å²) < 4.78 is 30.6. The van der Waals surface area contributed by atoms with E-state index in [2.05, 4.69) is 10.1 Å². The van der Waals surface area contributed by atoms with Gasteiger partial charge in [0.05, 0.1) is 17.5 Å². The van der Waals surface area contributed by atoms with Crippen LogP contribution in [0.15, 0.2) is 36.4 Å². The summed E-state index contributed by atoms with van der Waals surface area (Å²) in [6.07, 6.45) is -1.72. The van der Waals surface area contributed by atoms with Crippen LogP contribution in [0.5, 0.6) is 0 Å². The molecule has 2 aromatic rings. The number of hydrogen-bond donors (Lipinski definition) is 1. The van der Waals surface area contributed by atoms with Gasteiger partial charge in [0.15, 0.2) is 5.78 Å². The van der Waals surface area contributed by atoms with E-state index in [0.29, 0.717) is 15.6 Å². The molecular weight excluding hydrogens is 570 g/mol. The van der Waals surface area contributed by atoms with Gasteiger partial charge in [0.2, 0.25) is 5.91 Å². The van der Waals surface area contributed by atoms with Crippen molar-refractivity contribution in [1.82, 2.24) is 0 Å². The number of ether oxygens (including phenoxy) is 1. The molecule has 1 fully saturated rings. The van der Waals surface area contributed by atoms with Gasteiger partial charge in [-0.1, -0.05) is 34.8 Å². The van der Waals surface area contributed by atoms with Crippen LogP contribution < -0.4 is 5.32 Å². The van der Waals surface area contributed by atoms with Crippen molar-refractivity contribution < 1.29 is 27.9 Å². The molecule has 1 saturated carbocycles. The molecule has 0 aromatic heterocycles. The molecule has 0 heterocycles. The molecule has 3 rings (SSSR count). The van der Waals surface area contributed by atoms with Crippen molar-refractivity contribution in [3.05, 3.63) is 62.6 Å². The second-order valence-corrected chi connectivity index (χ2v) is 10.6. The minimum absolute atomic E-state index is 0.00523. The monoisotopic (exact) mass is 585 g/mol. The van der Waals surface area contributed by atoms with Gasteiger partial charge in [-0.05, 0) is 48.9 Å². The highest BCUT2D eigenvalue weighted by molar-refractivity contribution is 6.53. The van der Waals surface area contributed by atoms with E-state index in [0.717, 1.165) is 0 Å². The van der Waals surface area contributed by atoms with Crippen LogP contribution in [0.1, 0.15) is 41.6 Å². The van der Waals surface area contributed by atoms with Crippen molar-refractivity contribution in [2.45, 2.75) is 35.9 Å². The second-order valence-electron chi connectivity index (χ2n) is 7.86. The normalized spacial score (nSPS) is 18.6. The Morgan fingerprint density at radius 1 is 1.06 bits per heavy atom. The molecule has 0 radical (unpaired) electrons. The lowest BCUT2D eigenvalue weighted by Gasteiger charge is -2.14. The van der Waals surface area contributed by atoms with Gasteiger partial charge in [0.25, 0.3) is 0 Å². The quantitative estimate of drug-likeness (QED) is 0.189. The first kappa shape index (κ1) is 27.9. The molecule has 35 heavy (non-hydrogen) atoms. The predicted octanol–water partition coefficient (Wildman–Crippen LogP) is 7.33. The van der Waals surface area contributed by atoms with Gasteiger partial charge in [-0.15, -0.1) is 23.2 Å². The molecule has 188 valence electrons. The van der Waals surface area contributed by atoms with Crippen LogP contribution in [0.3, 0.4) is 0 Å². The van der Waals surface area contributed by atoms with Crippen molar-refractivity contribution in [2.75, 3.05) is 11.9 Å². The lowest BCUT2D eigenvalue weighted by molar-refractivity contribution is -0.172. The molecule has 0 spiro atoms. The number of hydrogen-bond acceptors (Lipinski definition) is 4. The largest absolute Gasteiger partial charge is 0.462 e. The molecule has 12 heteroatoms. The Morgan fingerprint density at radius 3 is 2.29 bits per heavy atom. The average Bonchev–Trinajstić information content (AvgIpc) is 3.35. The molecule has 2 aromatic carbocycles. The molecule has 0 bridgehead atoms. The Morgan fingerprint density at radius 2 is 1.69 bits per heavy atom. The van der Waals surface area contributed by atoms with Gasteiger partial charge in [0, 0.05) is 40.1 Å². The van der Waals surface area contributed by atoms with Crippen LogP contribution in [0.2, 0.25) is 15.1 Å². The molecular formula is C23H18Cl5F2NO4. The fraction of sp³-hybridized carbons (Fsp3) is 0.348. The van der Waals surface area contributed by atoms with Gasteiger partial charge in [-0.25, -0.2) is 4.79 Å². The molecule has 0 saturated heterocycles. The van der Waals surface area contributed by atoms with E-state index < -0.39 is 52.6 Å². The third kappa shape index (κ3) is 6.38. The van der Waals surface area contributed by atoms with Crippen LogP contribution in [0.4, 0.5) is 14.5 Å². The Kier molecular flexibility index (Phi) is 8.60. The number of amides is 1. The van der Waals surface area contributed by atoms with Crippen LogP contribution in [-0.4, -0.2) is 34.5 Å². The lowest BCUT2D eigenvalue weighted by Crippen LogP contribution is -2.31. The number of rotatable bonds is 9. The van der Waals surface area contributed by atoms with Gasteiger partial charge in [-0.2, -0.15) is 8.78 Å². The number of Topliss-reactive ketones (excluding diaryl/α,β-unsaturated/α-hetero) is 1. The Bertz CT molecular complexity index is 1150. The third-order valence-corrected chi connectivity index (χ3v) is 7.06. The Balaban J connectivity index is 1.71. The summed E-state index contributed by atoms with van der Waals surface area (Å²) in [4.78, 5) is 36.8. The first-order chi connectivity index (χ1) is 16.3. The van der Waals surface area contributed by atoms with E-state index in [-0.39, 0.29) is 22.9 Å². The van der Waals surface area contributed by atoms with Crippen LogP contribution in [-0.2, 0) is 14.3 Å². The Hall–Kier alpha value is -1.64. The zero-order valence-electron chi connectivity index (χ0n) is 18.0. The van der Waals surface area contributed by atoms with Crippen molar-refractivity contribution in [3.63, 3.8) is 0 Å². The summed E-state index contributed by atoms with van der Waals surface area (Å²) in [5, 5.41) is 3.32. The van der Waals surface area contributed by atoms with E-state index in [1.807, 2.05) is 0 Å². The maximum absolute atomic E-state index is 13.9. The van der Waals surface area contributed by atoms with Crippen LogP contribution in [0.25, 0.3) is 0 Å². The highest BCUT2D eigenvalue weighted by Crippen LogP contribution is 2.65. The molecule has 2 unspecified atom stereocenters. The molecule has 0 aliphatic heterocycles. The highest BCUT2D eigenvalue weighted by atomic mass is 35.5. The SMILES string of the molecule is CCOC(=O)C(F)(F)CCC(=O)c1cc(NC(=O)C2C(c3cc(Cl)cc(Cl)c3)C2(Cl)Cl)ccc1Cl. The van der Waals surface area contributed by atoms with Crippen molar-refractivity contribution in [1.29, 1.82) is 0 Å². The predicted molar refractivity (Wildman–Crippen MR) is 132 cm³/mol. The minimum Gasteiger partial charge on any atom is -0.462 e. The molecule has 5 nitrogen and oxygen atoms in total.